The third-order valence-electron chi connectivity index (χ3n) is 3.82. The zero-order valence-electron chi connectivity index (χ0n) is 13.6. The van der Waals surface area contributed by atoms with Crippen molar-refractivity contribution in [1.29, 1.82) is 0 Å². The minimum absolute atomic E-state index is 0.0957. The maximum Gasteiger partial charge on any atom is 0.324 e. The van der Waals surface area contributed by atoms with Crippen LogP contribution in [0.25, 0.3) is 0 Å². The van der Waals surface area contributed by atoms with Gasteiger partial charge in [-0.3, -0.25) is 9.69 Å². The molecule has 0 heterocycles. The lowest BCUT2D eigenvalue weighted by Crippen LogP contribution is -2.32. The highest BCUT2D eigenvalue weighted by atomic mass is 35.5. The van der Waals surface area contributed by atoms with Crippen LogP contribution in [0.1, 0.15) is 15.9 Å². The number of hydrogen-bond donors (Lipinski definition) is 2. The molecule has 3 N–H and O–H groups in total. The number of primary amides is 1. The Morgan fingerprint density at radius 2 is 1.54 bits per heavy atom. The molecule has 0 aromatic heterocycles. The zero-order valence-corrected chi connectivity index (χ0v) is 14.4. The Morgan fingerprint density at radius 1 is 0.885 bits per heavy atom. The number of ketones is 1. The van der Waals surface area contributed by atoms with Crippen LogP contribution in [0.2, 0.25) is 5.02 Å². The van der Waals surface area contributed by atoms with Gasteiger partial charge in [-0.25, -0.2) is 4.79 Å². The van der Waals surface area contributed by atoms with Crippen molar-refractivity contribution in [2.45, 2.75) is 0 Å². The van der Waals surface area contributed by atoms with E-state index in [2.05, 4.69) is 0 Å². The van der Waals surface area contributed by atoms with Gasteiger partial charge >= 0.3 is 6.03 Å². The van der Waals surface area contributed by atoms with Crippen molar-refractivity contribution in [2.24, 2.45) is 5.73 Å². The van der Waals surface area contributed by atoms with Gasteiger partial charge in [-0.1, -0.05) is 54.1 Å². The summed E-state index contributed by atoms with van der Waals surface area (Å²) < 4.78 is 0. The first-order valence-electron chi connectivity index (χ1n) is 7.76. The topological polar surface area (TPSA) is 83.6 Å². The molecule has 5 nitrogen and oxygen atoms in total. The van der Waals surface area contributed by atoms with Crippen molar-refractivity contribution in [3.8, 4) is 5.75 Å². The predicted molar refractivity (Wildman–Crippen MR) is 101 cm³/mol. The number of rotatable bonds is 4. The van der Waals surface area contributed by atoms with Crippen molar-refractivity contribution in [2.75, 3.05) is 4.90 Å². The summed E-state index contributed by atoms with van der Waals surface area (Å²) in [6.07, 6.45) is 0. The molecule has 0 atom stereocenters. The molecule has 0 aliphatic carbocycles. The highest BCUT2D eigenvalue weighted by molar-refractivity contribution is 6.31. The highest BCUT2D eigenvalue weighted by Crippen LogP contribution is 2.37. The average molecular weight is 367 g/mol. The van der Waals surface area contributed by atoms with Crippen molar-refractivity contribution in [1.82, 2.24) is 0 Å². The number of carbonyl (C=O) groups excluding carboxylic acids is 2. The van der Waals surface area contributed by atoms with Crippen LogP contribution < -0.4 is 10.6 Å². The molecule has 130 valence electrons. The Bertz CT molecular complexity index is 974. The Hall–Kier alpha value is -3.31. The summed E-state index contributed by atoms with van der Waals surface area (Å²) in [5.41, 5.74) is 6.65. The van der Waals surface area contributed by atoms with Crippen molar-refractivity contribution in [3.05, 3.63) is 88.9 Å². The molecule has 0 bridgehead atoms. The number of nitrogens with two attached hydrogens (primary N) is 1. The van der Waals surface area contributed by atoms with Crippen LogP contribution in [-0.4, -0.2) is 16.9 Å². The number of para-hydroxylation sites is 1. The van der Waals surface area contributed by atoms with E-state index in [-0.39, 0.29) is 28.5 Å². The lowest BCUT2D eigenvalue weighted by atomic mass is 10.0. The summed E-state index contributed by atoms with van der Waals surface area (Å²) in [4.78, 5) is 26.1. The molecule has 0 spiro atoms. The third-order valence-corrected chi connectivity index (χ3v) is 4.06. The minimum atomic E-state index is -0.851. The number of anilines is 2. The molecule has 0 aliphatic heterocycles. The van der Waals surface area contributed by atoms with Crippen LogP contribution >= 0.6 is 11.6 Å². The number of aromatic hydroxyl groups is 1. The van der Waals surface area contributed by atoms with E-state index in [1.165, 1.54) is 18.2 Å². The fourth-order valence-electron chi connectivity index (χ4n) is 2.65. The summed E-state index contributed by atoms with van der Waals surface area (Å²) >= 11 is 5.99. The van der Waals surface area contributed by atoms with E-state index >= 15 is 0 Å². The predicted octanol–water partition coefficient (Wildman–Crippen LogP) is 4.49. The number of nitrogens with zero attached hydrogens (tertiary/aromatic N) is 1. The van der Waals surface area contributed by atoms with Crippen molar-refractivity contribution in [3.63, 3.8) is 0 Å². The lowest BCUT2D eigenvalue weighted by Gasteiger charge is -2.24. The van der Waals surface area contributed by atoms with E-state index < -0.39 is 6.03 Å². The number of hydrogen-bond acceptors (Lipinski definition) is 3. The van der Waals surface area contributed by atoms with Gasteiger partial charge in [0.05, 0.1) is 11.4 Å². The molecule has 0 saturated heterocycles. The zero-order chi connectivity index (χ0) is 18.7. The Kier molecular flexibility index (Phi) is 4.91. The normalized spacial score (nSPS) is 10.3. The van der Waals surface area contributed by atoms with E-state index in [1.54, 1.807) is 48.5 Å². The van der Waals surface area contributed by atoms with Gasteiger partial charge in [0.25, 0.3) is 0 Å². The quantitative estimate of drug-likeness (QED) is 0.667. The van der Waals surface area contributed by atoms with Gasteiger partial charge in [-0.2, -0.15) is 0 Å². The third kappa shape index (κ3) is 3.38. The molecular weight excluding hydrogens is 352 g/mol. The van der Waals surface area contributed by atoms with E-state index in [9.17, 15) is 14.7 Å². The van der Waals surface area contributed by atoms with Gasteiger partial charge in [0.15, 0.2) is 5.78 Å². The number of carbonyl (C=O) groups is 2. The van der Waals surface area contributed by atoms with E-state index in [0.29, 0.717) is 10.6 Å². The van der Waals surface area contributed by atoms with Crippen LogP contribution in [0.15, 0.2) is 72.8 Å². The fraction of sp³-hybridized carbons (Fsp3) is 0. The molecule has 0 saturated carbocycles. The maximum absolute atomic E-state index is 12.9. The SMILES string of the molecule is NC(=O)N(c1cc(Cl)ccc1O)c1ccccc1C(=O)c1ccccc1. The molecule has 0 aliphatic rings. The molecule has 0 radical (unpaired) electrons. The molecule has 6 heteroatoms. The fourth-order valence-corrected chi connectivity index (χ4v) is 2.81. The standard InChI is InChI=1S/C20H15ClN2O3/c21-14-10-11-18(24)17(12-14)23(20(22)26)16-9-5-4-8-15(16)19(25)13-6-2-1-3-7-13/h1-12,24H,(H2,22,26). The first kappa shape index (κ1) is 17.5. The second kappa shape index (κ2) is 7.29. The van der Waals surface area contributed by atoms with Crippen LogP contribution in [0.3, 0.4) is 0 Å². The molecule has 3 aromatic carbocycles. The second-order valence-corrected chi connectivity index (χ2v) is 5.96. The monoisotopic (exact) mass is 366 g/mol. The lowest BCUT2D eigenvalue weighted by molar-refractivity contribution is 0.103. The number of benzene rings is 3. The van der Waals surface area contributed by atoms with Crippen molar-refractivity contribution >= 4 is 34.8 Å². The van der Waals surface area contributed by atoms with Crippen LogP contribution in [0.4, 0.5) is 16.2 Å². The van der Waals surface area contributed by atoms with E-state index in [4.69, 9.17) is 17.3 Å². The number of halogens is 1. The van der Waals surface area contributed by atoms with E-state index in [0.717, 1.165) is 4.90 Å². The highest BCUT2D eigenvalue weighted by Gasteiger charge is 2.24. The molecule has 0 fully saturated rings. The maximum atomic E-state index is 12.9. The molecule has 0 unspecified atom stereocenters. The summed E-state index contributed by atoms with van der Waals surface area (Å²) in [6, 6.07) is 18.6. The summed E-state index contributed by atoms with van der Waals surface area (Å²) in [5.74, 6) is -0.455. The van der Waals surface area contributed by atoms with Gasteiger partial charge in [0, 0.05) is 16.1 Å². The Balaban J connectivity index is 2.17. The molecular formula is C20H15ClN2O3. The summed E-state index contributed by atoms with van der Waals surface area (Å²) in [6.45, 7) is 0. The first-order chi connectivity index (χ1) is 12.5. The molecule has 3 rings (SSSR count). The van der Waals surface area contributed by atoms with Crippen molar-refractivity contribution < 1.29 is 14.7 Å². The smallest absolute Gasteiger partial charge is 0.324 e. The summed E-state index contributed by atoms with van der Waals surface area (Å²) in [7, 11) is 0. The van der Waals surface area contributed by atoms with Gasteiger partial charge in [-0.05, 0) is 30.3 Å². The van der Waals surface area contributed by atoms with Crippen LogP contribution in [-0.2, 0) is 0 Å². The van der Waals surface area contributed by atoms with Crippen LogP contribution in [0.5, 0.6) is 5.75 Å². The Morgan fingerprint density at radius 3 is 2.23 bits per heavy atom. The molecule has 3 aromatic rings. The van der Waals surface area contributed by atoms with Gasteiger partial charge in [0.2, 0.25) is 0 Å². The summed E-state index contributed by atoms with van der Waals surface area (Å²) in [5, 5.41) is 10.5. The Labute approximate surface area is 155 Å². The number of amides is 2. The van der Waals surface area contributed by atoms with Gasteiger partial charge in [0.1, 0.15) is 5.75 Å². The van der Waals surface area contributed by atoms with E-state index in [1.807, 2.05) is 6.07 Å². The largest absolute Gasteiger partial charge is 0.506 e. The number of phenols is 1. The molecule has 26 heavy (non-hydrogen) atoms. The average Bonchev–Trinajstić information content (AvgIpc) is 2.65. The van der Waals surface area contributed by atoms with Gasteiger partial charge in [-0.15, -0.1) is 0 Å². The second-order valence-electron chi connectivity index (χ2n) is 5.52. The number of phenolic OH excluding ortho intramolecular Hbond substituents is 1. The van der Waals surface area contributed by atoms with Crippen LogP contribution in [0, 0.1) is 0 Å². The first-order valence-corrected chi connectivity index (χ1v) is 8.13. The van der Waals surface area contributed by atoms with Gasteiger partial charge < -0.3 is 10.8 Å². The molecule has 2 amide bonds. The number of urea groups is 1. The minimum Gasteiger partial charge on any atom is -0.506 e.